The van der Waals surface area contributed by atoms with Crippen LogP contribution in [0.15, 0.2) is 12.2 Å². The average molecular weight is 244 g/mol. The quantitative estimate of drug-likeness (QED) is 0.402. The highest BCUT2D eigenvalue weighted by molar-refractivity contribution is 5.66. The van der Waals surface area contributed by atoms with Crippen LogP contribution in [0.4, 0.5) is 0 Å². The van der Waals surface area contributed by atoms with Gasteiger partial charge in [-0.2, -0.15) is 0 Å². The average Bonchev–Trinajstić information content (AvgIpc) is 2.24. The van der Waals surface area contributed by atoms with Crippen molar-refractivity contribution in [3.63, 3.8) is 0 Å². The topological polar surface area (TPSA) is 94.8 Å². The van der Waals surface area contributed by atoms with Crippen molar-refractivity contribution < 1.29 is 24.9 Å². The van der Waals surface area contributed by atoms with Crippen LogP contribution in [-0.2, 0) is 9.59 Å². The molecule has 0 fully saturated rings. The molecule has 17 heavy (non-hydrogen) atoms. The van der Waals surface area contributed by atoms with Gasteiger partial charge in [-0.25, -0.2) is 0 Å². The van der Waals surface area contributed by atoms with Gasteiger partial charge in [-0.3, -0.25) is 9.59 Å². The number of aliphatic carboxylic acids is 2. The number of carbonyl (C=O) groups is 2. The predicted octanol–water partition coefficient (Wildman–Crippen LogP) is 1.80. The summed E-state index contributed by atoms with van der Waals surface area (Å²) in [5, 5.41) is 26.2. The van der Waals surface area contributed by atoms with E-state index >= 15 is 0 Å². The number of aliphatic hydroxyl groups is 1. The van der Waals surface area contributed by atoms with E-state index in [0.717, 1.165) is 12.8 Å². The van der Waals surface area contributed by atoms with Gasteiger partial charge in [0.2, 0.25) is 0 Å². The molecule has 98 valence electrons. The highest BCUT2D eigenvalue weighted by Gasteiger charge is 2.04. The summed E-state index contributed by atoms with van der Waals surface area (Å²) in [6.07, 6.45) is 6.24. The van der Waals surface area contributed by atoms with E-state index in [4.69, 9.17) is 10.2 Å². The van der Waals surface area contributed by atoms with E-state index in [1.54, 1.807) is 0 Å². The molecule has 0 aliphatic rings. The first-order chi connectivity index (χ1) is 8.02. The van der Waals surface area contributed by atoms with E-state index in [0.29, 0.717) is 12.8 Å². The Hall–Kier alpha value is -1.36. The maximum atomic E-state index is 10.2. The van der Waals surface area contributed by atoms with Gasteiger partial charge in [0, 0.05) is 12.8 Å². The monoisotopic (exact) mass is 244 g/mol. The molecule has 5 heteroatoms. The fourth-order valence-corrected chi connectivity index (χ4v) is 1.32. The van der Waals surface area contributed by atoms with Gasteiger partial charge in [0.05, 0.1) is 6.10 Å². The van der Waals surface area contributed by atoms with Crippen molar-refractivity contribution in [3.8, 4) is 0 Å². The SMILES string of the molecule is O=C(O)CCCCC=CCC(O)CCC(=O)O. The molecule has 5 nitrogen and oxygen atoms in total. The van der Waals surface area contributed by atoms with Gasteiger partial charge in [0.1, 0.15) is 0 Å². The van der Waals surface area contributed by atoms with Crippen LogP contribution >= 0.6 is 0 Å². The normalized spacial score (nSPS) is 12.8. The minimum absolute atomic E-state index is 0.0202. The summed E-state index contributed by atoms with van der Waals surface area (Å²) in [6, 6.07) is 0. The van der Waals surface area contributed by atoms with Crippen LogP contribution in [0.3, 0.4) is 0 Å². The molecule has 0 radical (unpaired) electrons. The minimum Gasteiger partial charge on any atom is -0.481 e. The van der Waals surface area contributed by atoms with Crippen LogP contribution in [0, 0.1) is 0 Å². The van der Waals surface area contributed by atoms with Crippen LogP contribution in [0.5, 0.6) is 0 Å². The Morgan fingerprint density at radius 1 is 1.00 bits per heavy atom. The summed E-state index contributed by atoms with van der Waals surface area (Å²) in [7, 11) is 0. The van der Waals surface area contributed by atoms with Crippen molar-refractivity contribution in [2.75, 3.05) is 0 Å². The fourth-order valence-electron chi connectivity index (χ4n) is 1.32. The lowest BCUT2D eigenvalue weighted by atomic mass is 10.1. The molecule has 0 rings (SSSR count). The van der Waals surface area contributed by atoms with E-state index in [1.165, 1.54) is 0 Å². The van der Waals surface area contributed by atoms with E-state index in [9.17, 15) is 14.7 Å². The molecule has 0 aliphatic heterocycles. The molecule has 0 saturated heterocycles. The zero-order valence-electron chi connectivity index (χ0n) is 9.84. The van der Waals surface area contributed by atoms with Crippen LogP contribution < -0.4 is 0 Å². The smallest absolute Gasteiger partial charge is 0.303 e. The van der Waals surface area contributed by atoms with Gasteiger partial charge in [-0.05, 0) is 32.1 Å². The maximum Gasteiger partial charge on any atom is 0.303 e. The molecule has 0 heterocycles. The Kier molecular flexibility index (Phi) is 9.05. The lowest BCUT2D eigenvalue weighted by Crippen LogP contribution is -2.07. The Morgan fingerprint density at radius 3 is 2.24 bits per heavy atom. The summed E-state index contributed by atoms with van der Waals surface area (Å²) >= 11 is 0. The molecule has 0 saturated carbocycles. The molecule has 0 aromatic carbocycles. The Labute approximate surface area is 101 Å². The first-order valence-corrected chi connectivity index (χ1v) is 5.79. The first kappa shape index (κ1) is 15.6. The van der Waals surface area contributed by atoms with Crippen molar-refractivity contribution in [2.45, 2.75) is 51.0 Å². The number of hydrogen-bond donors (Lipinski definition) is 3. The molecule has 0 bridgehead atoms. The van der Waals surface area contributed by atoms with Crippen LogP contribution in [-0.4, -0.2) is 33.4 Å². The minimum atomic E-state index is -0.901. The second-order valence-corrected chi connectivity index (χ2v) is 3.93. The van der Waals surface area contributed by atoms with E-state index in [-0.39, 0.29) is 19.3 Å². The molecule has 1 atom stereocenters. The molecule has 0 amide bonds. The lowest BCUT2D eigenvalue weighted by Gasteiger charge is -2.04. The van der Waals surface area contributed by atoms with Crippen molar-refractivity contribution in [2.24, 2.45) is 0 Å². The Balaban J connectivity index is 3.40. The molecule has 3 N–H and O–H groups in total. The summed E-state index contributed by atoms with van der Waals surface area (Å²) in [5.41, 5.74) is 0. The number of hydrogen-bond acceptors (Lipinski definition) is 3. The van der Waals surface area contributed by atoms with Crippen LogP contribution in [0.1, 0.15) is 44.9 Å². The number of carboxylic acid groups (broad SMARTS) is 2. The second kappa shape index (κ2) is 9.84. The molecule has 0 aliphatic carbocycles. The van der Waals surface area contributed by atoms with Crippen LogP contribution in [0.2, 0.25) is 0 Å². The summed E-state index contributed by atoms with van der Waals surface area (Å²) in [6.45, 7) is 0. The molecular weight excluding hydrogens is 224 g/mol. The number of rotatable bonds is 10. The van der Waals surface area contributed by atoms with Crippen molar-refractivity contribution in [3.05, 3.63) is 12.2 Å². The Morgan fingerprint density at radius 2 is 1.65 bits per heavy atom. The van der Waals surface area contributed by atoms with Gasteiger partial charge in [0.15, 0.2) is 0 Å². The molecule has 1 unspecified atom stereocenters. The maximum absolute atomic E-state index is 10.2. The fraction of sp³-hybridized carbons (Fsp3) is 0.667. The molecule has 0 aromatic rings. The standard InChI is InChI=1S/C12H20O5/c13-10(8-9-12(16)17)6-4-2-1-3-5-7-11(14)15/h2,4,10,13H,1,3,5-9H2,(H,14,15)(H,16,17). The summed E-state index contributed by atoms with van der Waals surface area (Å²) in [4.78, 5) is 20.4. The lowest BCUT2D eigenvalue weighted by molar-refractivity contribution is -0.138. The van der Waals surface area contributed by atoms with E-state index < -0.39 is 18.0 Å². The molecular formula is C12H20O5. The number of carboxylic acids is 2. The van der Waals surface area contributed by atoms with E-state index in [2.05, 4.69) is 0 Å². The third-order valence-electron chi connectivity index (χ3n) is 2.28. The second-order valence-electron chi connectivity index (χ2n) is 3.93. The number of aliphatic hydroxyl groups excluding tert-OH is 1. The Bertz CT molecular complexity index is 260. The van der Waals surface area contributed by atoms with Gasteiger partial charge < -0.3 is 15.3 Å². The van der Waals surface area contributed by atoms with Crippen LogP contribution in [0.25, 0.3) is 0 Å². The van der Waals surface area contributed by atoms with Gasteiger partial charge in [-0.15, -0.1) is 0 Å². The van der Waals surface area contributed by atoms with Gasteiger partial charge >= 0.3 is 11.9 Å². The third kappa shape index (κ3) is 12.6. The third-order valence-corrected chi connectivity index (χ3v) is 2.28. The zero-order valence-corrected chi connectivity index (χ0v) is 9.84. The van der Waals surface area contributed by atoms with Crippen molar-refractivity contribution in [1.29, 1.82) is 0 Å². The van der Waals surface area contributed by atoms with Crippen molar-refractivity contribution in [1.82, 2.24) is 0 Å². The molecule has 0 spiro atoms. The predicted molar refractivity (Wildman–Crippen MR) is 62.7 cm³/mol. The number of allylic oxidation sites excluding steroid dienone is 1. The molecule has 0 aromatic heterocycles. The summed E-state index contributed by atoms with van der Waals surface area (Å²) in [5.74, 6) is -1.68. The highest BCUT2D eigenvalue weighted by atomic mass is 16.4. The van der Waals surface area contributed by atoms with Crippen molar-refractivity contribution >= 4 is 11.9 Å². The summed E-state index contributed by atoms with van der Waals surface area (Å²) < 4.78 is 0. The van der Waals surface area contributed by atoms with E-state index in [1.807, 2.05) is 12.2 Å². The first-order valence-electron chi connectivity index (χ1n) is 5.79. The van der Waals surface area contributed by atoms with Gasteiger partial charge in [0.25, 0.3) is 0 Å². The largest absolute Gasteiger partial charge is 0.481 e. The highest BCUT2D eigenvalue weighted by Crippen LogP contribution is 2.05. The number of unbranched alkanes of at least 4 members (excludes halogenated alkanes) is 2. The zero-order chi connectivity index (χ0) is 13.1. The van der Waals surface area contributed by atoms with Gasteiger partial charge in [-0.1, -0.05) is 12.2 Å².